The van der Waals surface area contributed by atoms with Gasteiger partial charge in [0.15, 0.2) is 0 Å². The number of benzene rings is 1. The fourth-order valence-electron chi connectivity index (χ4n) is 1.71. The van der Waals surface area contributed by atoms with E-state index in [1.165, 1.54) is 0 Å². The Morgan fingerprint density at radius 3 is 2.47 bits per heavy atom. The molecule has 2 N–H and O–H groups in total. The third-order valence-electron chi connectivity index (χ3n) is 2.65. The predicted molar refractivity (Wildman–Crippen MR) is 54.5 cm³/mol. The number of likely N-dealkylation sites (tertiary alicyclic amines) is 1. The summed E-state index contributed by atoms with van der Waals surface area (Å²) in [5.41, 5.74) is 1.09. The Kier molecular flexibility index (Phi) is 2.60. The minimum atomic E-state index is -0.711. The van der Waals surface area contributed by atoms with Crippen LogP contribution in [0.4, 0.5) is 0 Å². The molecule has 2 rings (SSSR count). The number of carboxylic acid groups (broad SMARTS) is 1. The van der Waals surface area contributed by atoms with Crippen molar-refractivity contribution in [1.29, 1.82) is 0 Å². The quantitative estimate of drug-likeness (QED) is 0.773. The summed E-state index contributed by atoms with van der Waals surface area (Å²) >= 11 is 0. The maximum Gasteiger partial charge on any atom is 0.309 e. The van der Waals surface area contributed by atoms with Crippen molar-refractivity contribution in [3.05, 3.63) is 29.8 Å². The molecular weight excluding hydrogens is 194 g/mol. The molecule has 4 nitrogen and oxygen atoms in total. The average molecular weight is 207 g/mol. The van der Waals surface area contributed by atoms with E-state index in [4.69, 9.17) is 10.2 Å². The van der Waals surface area contributed by atoms with Crippen molar-refractivity contribution in [2.45, 2.75) is 6.54 Å². The molecule has 0 bridgehead atoms. The van der Waals surface area contributed by atoms with Crippen molar-refractivity contribution in [3.8, 4) is 5.75 Å². The number of nitrogens with zero attached hydrogens (tertiary/aromatic N) is 1. The van der Waals surface area contributed by atoms with Crippen LogP contribution in [0.2, 0.25) is 0 Å². The molecule has 0 atom stereocenters. The molecule has 0 radical (unpaired) electrons. The smallest absolute Gasteiger partial charge is 0.309 e. The fraction of sp³-hybridized carbons (Fsp3) is 0.364. The van der Waals surface area contributed by atoms with Crippen molar-refractivity contribution in [3.63, 3.8) is 0 Å². The van der Waals surface area contributed by atoms with Gasteiger partial charge in [0.2, 0.25) is 0 Å². The maximum absolute atomic E-state index is 10.6. The molecule has 1 fully saturated rings. The topological polar surface area (TPSA) is 60.8 Å². The summed E-state index contributed by atoms with van der Waals surface area (Å²) in [6.45, 7) is 2.00. The Hall–Kier alpha value is -1.55. The highest BCUT2D eigenvalue weighted by Gasteiger charge is 2.31. The summed E-state index contributed by atoms with van der Waals surface area (Å²) < 4.78 is 0. The van der Waals surface area contributed by atoms with Gasteiger partial charge in [0.05, 0.1) is 5.92 Å². The van der Waals surface area contributed by atoms with Crippen LogP contribution in [0.5, 0.6) is 5.75 Å². The Labute approximate surface area is 87.8 Å². The van der Waals surface area contributed by atoms with Gasteiger partial charge in [-0.2, -0.15) is 0 Å². The molecule has 80 valence electrons. The van der Waals surface area contributed by atoms with Gasteiger partial charge in [-0.05, 0) is 17.7 Å². The molecular formula is C11H13NO3. The van der Waals surface area contributed by atoms with Crippen molar-refractivity contribution < 1.29 is 15.0 Å². The van der Waals surface area contributed by atoms with Gasteiger partial charge in [-0.3, -0.25) is 9.69 Å². The second-order valence-electron chi connectivity index (χ2n) is 3.90. The summed E-state index contributed by atoms with van der Waals surface area (Å²) in [5.74, 6) is -0.662. The van der Waals surface area contributed by atoms with Crippen molar-refractivity contribution in [2.75, 3.05) is 13.1 Å². The van der Waals surface area contributed by atoms with Crippen LogP contribution in [0.15, 0.2) is 24.3 Å². The van der Waals surface area contributed by atoms with Gasteiger partial charge in [0.25, 0.3) is 0 Å². The summed E-state index contributed by atoms with van der Waals surface area (Å²) in [7, 11) is 0. The number of carbonyl (C=O) groups is 1. The minimum absolute atomic E-state index is 0.206. The lowest BCUT2D eigenvalue weighted by Gasteiger charge is -2.36. The summed E-state index contributed by atoms with van der Waals surface area (Å²) in [4.78, 5) is 12.6. The van der Waals surface area contributed by atoms with Gasteiger partial charge < -0.3 is 10.2 Å². The summed E-state index contributed by atoms with van der Waals surface area (Å²) in [6.07, 6.45) is 0. The van der Waals surface area contributed by atoms with Gasteiger partial charge in [-0.15, -0.1) is 0 Å². The van der Waals surface area contributed by atoms with E-state index in [9.17, 15) is 4.79 Å². The number of hydrogen-bond donors (Lipinski definition) is 2. The molecule has 1 aromatic carbocycles. The molecule has 0 aliphatic carbocycles. The van der Waals surface area contributed by atoms with Crippen LogP contribution < -0.4 is 0 Å². The number of carboxylic acids is 1. The van der Waals surface area contributed by atoms with Gasteiger partial charge in [0, 0.05) is 19.6 Å². The summed E-state index contributed by atoms with van der Waals surface area (Å²) in [6, 6.07) is 6.99. The number of hydrogen-bond acceptors (Lipinski definition) is 3. The zero-order valence-corrected chi connectivity index (χ0v) is 8.26. The Morgan fingerprint density at radius 2 is 1.93 bits per heavy atom. The monoisotopic (exact) mass is 207 g/mol. The molecule has 0 spiro atoms. The third-order valence-corrected chi connectivity index (χ3v) is 2.65. The third kappa shape index (κ3) is 2.27. The molecule has 0 saturated carbocycles. The number of phenols is 1. The fourth-order valence-corrected chi connectivity index (χ4v) is 1.71. The van der Waals surface area contributed by atoms with Crippen molar-refractivity contribution in [1.82, 2.24) is 4.90 Å². The second kappa shape index (κ2) is 3.90. The predicted octanol–water partition coefficient (Wildman–Crippen LogP) is 0.909. The lowest BCUT2D eigenvalue weighted by atomic mass is 10.00. The summed E-state index contributed by atoms with van der Waals surface area (Å²) in [5, 5.41) is 17.8. The SMILES string of the molecule is O=C(O)C1CN(Cc2ccc(O)cc2)C1. The number of aromatic hydroxyl groups is 1. The molecule has 1 aliphatic rings. The van der Waals surface area contributed by atoms with Crippen LogP contribution in [0, 0.1) is 5.92 Å². The number of aliphatic carboxylic acids is 1. The molecule has 1 aliphatic heterocycles. The van der Waals surface area contributed by atoms with E-state index < -0.39 is 5.97 Å². The normalized spacial score (nSPS) is 17.3. The van der Waals surface area contributed by atoms with Crippen LogP contribution in [0.25, 0.3) is 0 Å². The molecule has 0 amide bonds. The lowest BCUT2D eigenvalue weighted by molar-refractivity contribution is -0.147. The Bertz CT molecular complexity index is 355. The van der Waals surface area contributed by atoms with E-state index in [1.54, 1.807) is 12.1 Å². The highest BCUT2D eigenvalue weighted by molar-refractivity contribution is 5.71. The number of phenolic OH excluding ortho intramolecular Hbond substituents is 1. The highest BCUT2D eigenvalue weighted by Crippen LogP contribution is 2.19. The van der Waals surface area contributed by atoms with Gasteiger partial charge in [0.1, 0.15) is 5.75 Å². The first-order valence-electron chi connectivity index (χ1n) is 4.88. The zero-order valence-electron chi connectivity index (χ0n) is 8.26. The average Bonchev–Trinajstić information content (AvgIpc) is 2.13. The molecule has 1 aromatic rings. The first kappa shape index (κ1) is 9.98. The van der Waals surface area contributed by atoms with Crippen molar-refractivity contribution >= 4 is 5.97 Å². The minimum Gasteiger partial charge on any atom is -0.508 e. The largest absolute Gasteiger partial charge is 0.508 e. The van der Waals surface area contributed by atoms with E-state index in [0.29, 0.717) is 13.1 Å². The molecule has 0 aromatic heterocycles. The van der Waals surface area contributed by atoms with Gasteiger partial charge >= 0.3 is 5.97 Å². The standard InChI is InChI=1S/C11H13NO3/c13-10-3-1-8(2-4-10)5-12-6-9(7-12)11(14)15/h1-4,9,13H,5-7H2,(H,14,15). The lowest BCUT2D eigenvalue weighted by Crippen LogP contribution is -2.49. The van der Waals surface area contributed by atoms with Crippen LogP contribution in [0.3, 0.4) is 0 Å². The van der Waals surface area contributed by atoms with E-state index in [2.05, 4.69) is 4.90 Å². The molecule has 1 heterocycles. The molecule has 15 heavy (non-hydrogen) atoms. The molecule has 4 heteroatoms. The Morgan fingerprint density at radius 1 is 1.33 bits per heavy atom. The molecule has 1 saturated heterocycles. The van der Waals surface area contributed by atoms with Crippen LogP contribution in [-0.4, -0.2) is 34.2 Å². The van der Waals surface area contributed by atoms with Crippen LogP contribution in [-0.2, 0) is 11.3 Å². The highest BCUT2D eigenvalue weighted by atomic mass is 16.4. The van der Waals surface area contributed by atoms with E-state index in [1.807, 2.05) is 12.1 Å². The van der Waals surface area contributed by atoms with Gasteiger partial charge in [-0.25, -0.2) is 0 Å². The first-order chi connectivity index (χ1) is 7.15. The first-order valence-corrected chi connectivity index (χ1v) is 4.88. The maximum atomic E-state index is 10.6. The molecule has 0 unspecified atom stereocenters. The number of rotatable bonds is 3. The van der Waals surface area contributed by atoms with Crippen molar-refractivity contribution in [2.24, 2.45) is 5.92 Å². The van der Waals surface area contributed by atoms with Crippen LogP contribution >= 0.6 is 0 Å². The van der Waals surface area contributed by atoms with E-state index in [0.717, 1.165) is 12.1 Å². The van der Waals surface area contributed by atoms with Crippen LogP contribution in [0.1, 0.15) is 5.56 Å². The van der Waals surface area contributed by atoms with E-state index in [-0.39, 0.29) is 11.7 Å². The second-order valence-corrected chi connectivity index (χ2v) is 3.90. The zero-order chi connectivity index (χ0) is 10.8. The van der Waals surface area contributed by atoms with E-state index >= 15 is 0 Å². The van der Waals surface area contributed by atoms with Gasteiger partial charge in [-0.1, -0.05) is 12.1 Å². The Balaban J connectivity index is 1.85.